The first-order valence-electron chi connectivity index (χ1n) is 3.58. The van der Waals surface area contributed by atoms with Crippen LogP contribution in [0.1, 0.15) is 18.7 Å². The minimum Gasteiger partial charge on any atom is -0.366 e. The van der Waals surface area contributed by atoms with E-state index in [9.17, 15) is 0 Å². The molecule has 2 rings (SSSR count). The van der Waals surface area contributed by atoms with Gasteiger partial charge in [-0.15, -0.1) is 5.10 Å². The van der Waals surface area contributed by atoms with Crippen molar-refractivity contribution >= 4 is 5.95 Å². The first-order valence-corrected chi connectivity index (χ1v) is 3.58. The van der Waals surface area contributed by atoms with E-state index in [1.807, 2.05) is 7.05 Å². The highest BCUT2D eigenvalue weighted by atomic mass is 15.4. The molecule has 1 saturated carbocycles. The second-order valence-corrected chi connectivity index (χ2v) is 3.07. The lowest BCUT2D eigenvalue weighted by atomic mass is 10.3. The molecule has 0 aliphatic heterocycles. The molecule has 0 saturated heterocycles. The number of aryl methyl sites for hydroxylation is 1. The maximum Gasteiger partial charge on any atom is 0.239 e. The fraction of sp³-hybridized carbons (Fsp3) is 0.667. The average molecular weight is 153 g/mol. The predicted octanol–water partition coefficient (Wildman–Crippen LogP) is -0.655. The summed E-state index contributed by atoms with van der Waals surface area (Å²) in [5, 5.41) is 3.92. The molecule has 5 nitrogen and oxygen atoms in total. The third kappa shape index (κ3) is 0.883. The number of nitrogens with two attached hydrogens (primary N) is 2. The smallest absolute Gasteiger partial charge is 0.239 e. The van der Waals surface area contributed by atoms with Crippen LogP contribution >= 0.6 is 0 Å². The summed E-state index contributed by atoms with van der Waals surface area (Å²) in [7, 11) is 1.81. The summed E-state index contributed by atoms with van der Waals surface area (Å²) in [6.45, 7) is 0. The summed E-state index contributed by atoms with van der Waals surface area (Å²) < 4.78 is 1.66. The highest BCUT2D eigenvalue weighted by molar-refractivity contribution is 5.22. The van der Waals surface area contributed by atoms with Crippen LogP contribution in [0.4, 0.5) is 5.95 Å². The maximum atomic E-state index is 5.90. The van der Waals surface area contributed by atoms with Gasteiger partial charge in [0.15, 0.2) is 0 Å². The number of nitrogen functional groups attached to an aromatic ring is 1. The summed E-state index contributed by atoms with van der Waals surface area (Å²) in [6, 6.07) is 0. The van der Waals surface area contributed by atoms with E-state index >= 15 is 0 Å². The maximum absolute atomic E-state index is 5.90. The lowest BCUT2D eigenvalue weighted by Gasteiger charge is -2.04. The fourth-order valence-electron chi connectivity index (χ4n) is 1.20. The monoisotopic (exact) mass is 153 g/mol. The van der Waals surface area contributed by atoms with Crippen LogP contribution in [0.2, 0.25) is 0 Å². The number of anilines is 1. The summed E-state index contributed by atoms with van der Waals surface area (Å²) in [5.41, 5.74) is 11.1. The molecule has 5 heteroatoms. The van der Waals surface area contributed by atoms with Gasteiger partial charge in [-0.2, -0.15) is 4.98 Å². The molecule has 0 unspecified atom stereocenters. The van der Waals surface area contributed by atoms with Gasteiger partial charge < -0.3 is 11.5 Å². The van der Waals surface area contributed by atoms with E-state index in [-0.39, 0.29) is 5.54 Å². The van der Waals surface area contributed by atoms with Crippen molar-refractivity contribution in [3.8, 4) is 0 Å². The molecule has 0 atom stereocenters. The molecule has 0 radical (unpaired) electrons. The van der Waals surface area contributed by atoms with Crippen LogP contribution in [-0.4, -0.2) is 14.8 Å². The van der Waals surface area contributed by atoms with Crippen LogP contribution in [0.5, 0.6) is 0 Å². The first kappa shape index (κ1) is 6.60. The molecule has 1 aliphatic carbocycles. The molecule has 1 aromatic rings. The third-order valence-corrected chi connectivity index (χ3v) is 2.01. The summed E-state index contributed by atoms with van der Waals surface area (Å²) >= 11 is 0. The Hall–Kier alpha value is -1.10. The van der Waals surface area contributed by atoms with Crippen LogP contribution in [0.15, 0.2) is 0 Å². The Kier molecular flexibility index (Phi) is 1.04. The van der Waals surface area contributed by atoms with Crippen molar-refractivity contribution in [2.45, 2.75) is 18.4 Å². The lowest BCUT2D eigenvalue weighted by Crippen LogP contribution is -2.23. The normalized spacial score (nSPS) is 20.2. The van der Waals surface area contributed by atoms with Crippen LogP contribution < -0.4 is 11.5 Å². The van der Waals surface area contributed by atoms with Crippen LogP contribution in [0.3, 0.4) is 0 Å². The number of hydrogen-bond acceptors (Lipinski definition) is 4. The number of nitrogens with zero attached hydrogens (tertiary/aromatic N) is 3. The van der Waals surface area contributed by atoms with Gasteiger partial charge in [0.05, 0.1) is 5.54 Å². The van der Waals surface area contributed by atoms with Crippen molar-refractivity contribution in [1.29, 1.82) is 0 Å². The quantitative estimate of drug-likeness (QED) is 0.561. The minimum absolute atomic E-state index is 0.237. The number of hydrogen-bond donors (Lipinski definition) is 2. The van der Waals surface area contributed by atoms with Crippen LogP contribution in [0, 0.1) is 0 Å². The number of rotatable bonds is 1. The zero-order chi connectivity index (χ0) is 8.06. The fourth-order valence-corrected chi connectivity index (χ4v) is 1.20. The van der Waals surface area contributed by atoms with E-state index in [0.29, 0.717) is 5.95 Å². The average Bonchev–Trinajstić information content (AvgIpc) is 2.55. The number of aromatic nitrogens is 3. The SMILES string of the molecule is Cn1nc(N)nc1C1(N)CC1. The molecule has 1 aliphatic rings. The van der Waals surface area contributed by atoms with E-state index in [4.69, 9.17) is 11.5 Å². The van der Waals surface area contributed by atoms with Crippen molar-refractivity contribution in [1.82, 2.24) is 14.8 Å². The molecular weight excluding hydrogens is 142 g/mol. The Morgan fingerprint density at radius 1 is 1.55 bits per heavy atom. The predicted molar refractivity (Wildman–Crippen MR) is 40.5 cm³/mol. The van der Waals surface area contributed by atoms with E-state index in [1.54, 1.807) is 4.68 Å². The van der Waals surface area contributed by atoms with Gasteiger partial charge in [0.25, 0.3) is 0 Å². The Morgan fingerprint density at radius 2 is 2.18 bits per heavy atom. The topological polar surface area (TPSA) is 82.8 Å². The van der Waals surface area contributed by atoms with Crippen LogP contribution in [0.25, 0.3) is 0 Å². The van der Waals surface area contributed by atoms with Gasteiger partial charge in [-0.05, 0) is 12.8 Å². The summed E-state index contributed by atoms with van der Waals surface area (Å²) in [4.78, 5) is 4.05. The lowest BCUT2D eigenvalue weighted by molar-refractivity contribution is 0.598. The van der Waals surface area contributed by atoms with E-state index in [1.165, 1.54) is 0 Å². The minimum atomic E-state index is -0.237. The Balaban J connectivity index is 2.44. The molecule has 0 aromatic carbocycles. The van der Waals surface area contributed by atoms with Gasteiger partial charge in [0, 0.05) is 7.05 Å². The van der Waals surface area contributed by atoms with Gasteiger partial charge in [-0.3, -0.25) is 0 Å². The zero-order valence-corrected chi connectivity index (χ0v) is 6.41. The Labute approximate surface area is 64.4 Å². The molecule has 0 spiro atoms. The molecule has 60 valence electrons. The van der Waals surface area contributed by atoms with Gasteiger partial charge in [0.2, 0.25) is 5.95 Å². The highest BCUT2D eigenvalue weighted by Gasteiger charge is 2.44. The van der Waals surface area contributed by atoms with Crippen molar-refractivity contribution in [3.63, 3.8) is 0 Å². The van der Waals surface area contributed by atoms with E-state index < -0.39 is 0 Å². The Morgan fingerprint density at radius 3 is 2.55 bits per heavy atom. The molecule has 1 aromatic heterocycles. The largest absolute Gasteiger partial charge is 0.366 e. The summed E-state index contributed by atoms with van der Waals surface area (Å²) in [5.74, 6) is 1.11. The second kappa shape index (κ2) is 1.73. The van der Waals surface area contributed by atoms with Gasteiger partial charge >= 0.3 is 0 Å². The molecule has 4 N–H and O–H groups in total. The van der Waals surface area contributed by atoms with Crippen molar-refractivity contribution in [2.75, 3.05) is 5.73 Å². The molecule has 0 bridgehead atoms. The van der Waals surface area contributed by atoms with E-state index in [0.717, 1.165) is 18.7 Å². The van der Waals surface area contributed by atoms with Gasteiger partial charge in [-0.1, -0.05) is 0 Å². The zero-order valence-electron chi connectivity index (χ0n) is 6.41. The Bertz CT molecular complexity index is 285. The molecular formula is C6H11N5. The molecule has 0 amide bonds. The molecule has 11 heavy (non-hydrogen) atoms. The van der Waals surface area contributed by atoms with Crippen LogP contribution in [-0.2, 0) is 12.6 Å². The van der Waals surface area contributed by atoms with Gasteiger partial charge in [0.1, 0.15) is 5.82 Å². The second-order valence-electron chi connectivity index (χ2n) is 3.07. The van der Waals surface area contributed by atoms with Crippen molar-refractivity contribution < 1.29 is 0 Å². The van der Waals surface area contributed by atoms with Crippen molar-refractivity contribution in [2.24, 2.45) is 12.8 Å². The summed E-state index contributed by atoms with van der Waals surface area (Å²) in [6.07, 6.45) is 1.97. The van der Waals surface area contributed by atoms with E-state index in [2.05, 4.69) is 10.1 Å². The first-order chi connectivity index (χ1) is 5.12. The standard InChI is InChI=1S/C6H11N5/c1-11-4(6(8)2-3-6)9-5(7)10-11/h2-3,8H2,1H3,(H2,7,10). The highest BCUT2D eigenvalue weighted by Crippen LogP contribution is 2.41. The molecule has 1 heterocycles. The van der Waals surface area contributed by atoms with Gasteiger partial charge in [-0.25, -0.2) is 4.68 Å². The molecule has 1 fully saturated rings. The third-order valence-electron chi connectivity index (χ3n) is 2.01. The van der Waals surface area contributed by atoms with Crippen molar-refractivity contribution in [3.05, 3.63) is 5.82 Å².